The normalized spacial score (nSPS) is 9.47. The van der Waals surface area contributed by atoms with Gasteiger partial charge in [0.05, 0.1) is 6.61 Å². The van der Waals surface area contributed by atoms with Crippen molar-refractivity contribution in [3.05, 3.63) is 24.3 Å². The summed E-state index contributed by atoms with van der Waals surface area (Å²) in [6, 6.07) is 7.73. The van der Waals surface area contributed by atoms with Crippen molar-refractivity contribution in [1.82, 2.24) is 5.32 Å². The molecule has 0 aliphatic rings. The van der Waals surface area contributed by atoms with E-state index in [4.69, 9.17) is 17.0 Å². The Bertz CT molecular complexity index is 311. The van der Waals surface area contributed by atoms with Crippen molar-refractivity contribution in [3.63, 3.8) is 0 Å². The van der Waals surface area contributed by atoms with E-state index in [2.05, 4.69) is 17.6 Å². The molecule has 0 atom stereocenters. The second kappa shape index (κ2) is 6.24. The molecule has 15 heavy (non-hydrogen) atoms. The van der Waals surface area contributed by atoms with Crippen LogP contribution in [0.15, 0.2) is 24.3 Å². The number of hydrogen-bond acceptors (Lipinski definition) is 2. The lowest BCUT2D eigenvalue weighted by Gasteiger charge is -2.08. The van der Waals surface area contributed by atoms with Crippen LogP contribution in [0, 0.1) is 0 Å². The topological polar surface area (TPSA) is 33.3 Å². The van der Waals surface area contributed by atoms with E-state index in [9.17, 15) is 0 Å². The Hall–Kier alpha value is -1.29. The first-order chi connectivity index (χ1) is 7.26. The fourth-order valence-corrected chi connectivity index (χ4v) is 1.17. The van der Waals surface area contributed by atoms with Crippen molar-refractivity contribution >= 4 is 23.0 Å². The summed E-state index contributed by atoms with van der Waals surface area (Å²) >= 11 is 4.99. The van der Waals surface area contributed by atoms with Gasteiger partial charge in [0.25, 0.3) is 0 Å². The molecule has 0 amide bonds. The first kappa shape index (κ1) is 11.8. The van der Waals surface area contributed by atoms with Crippen LogP contribution >= 0.6 is 12.2 Å². The number of nitrogens with one attached hydrogen (secondary N) is 2. The van der Waals surface area contributed by atoms with Crippen molar-refractivity contribution in [3.8, 4) is 5.75 Å². The highest BCUT2D eigenvalue weighted by Gasteiger charge is 1.96. The summed E-state index contributed by atoms with van der Waals surface area (Å²) in [5, 5.41) is 6.50. The predicted molar refractivity (Wildman–Crippen MR) is 67.5 cm³/mol. The smallest absolute Gasteiger partial charge is 0.170 e. The molecule has 1 rings (SSSR count). The Balaban J connectivity index is 2.52. The monoisotopic (exact) mass is 224 g/mol. The van der Waals surface area contributed by atoms with E-state index in [-0.39, 0.29) is 0 Å². The van der Waals surface area contributed by atoms with Crippen LogP contribution in [0.2, 0.25) is 0 Å². The molecule has 0 radical (unpaired) electrons. The number of benzene rings is 1. The van der Waals surface area contributed by atoms with Gasteiger partial charge in [-0.05, 0) is 42.9 Å². The molecule has 1 aromatic rings. The maximum absolute atomic E-state index is 5.47. The second-order valence-corrected chi connectivity index (χ2v) is 3.49. The van der Waals surface area contributed by atoms with Gasteiger partial charge >= 0.3 is 0 Å². The predicted octanol–water partition coefficient (Wildman–Crippen LogP) is 2.39. The zero-order valence-electron chi connectivity index (χ0n) is 9.04. The molecule has 0 saturated carbocycles. The van der Waals surface area contributed by atoms with Crippen LogP contribution in [0.25, 0.3) is 0 Å². The van der Waals surface area contributed by atoms with E-state index in [1.54, 1.807) is 7.05 Å². The average molecular weight is 224 g/mol. The van der Waals surface area contributed by atoms with Gasteiger partial charge in [-0.1, -0.05) is 6.92 Å². The summed E-state index contributed by atoms with van der Waals surface area (Å²) in [5.74, 6) is 0.887. The zero-order chi connectivity index (χ0) is 11.1. The van der Waals surface area contributed by atoms with Crippen molar-refractivity contribution in [2.45, 2.75) is 13.3 Å². The second-order valence-electron chi connectivity index (χ2n) is 3.08. The molecule has 0 aromatic heterocycles. The van der Waals surface area contributed by atoms with Gasteiger partial charge in [0.2, 0.25) is 0 Å². The van der Waals surface area contributed by atoms with Gasteiger partial charge in [-0.2, -0.15) is 0 Å². The highest BCUT2D eigenvalue weighted by molar-refractivity contribution is 7.80. The molecule has 4 heteroatoms. The van der Waals surface area contributed by atoms with Crippen LogP contribution < -0.4 is 15.4 Å². The molecule has 1 aromatic carbocycles. The maximum Gasteiger partial charge on any atom is 0.170 e. The van der Waals surface area contributed by atoms with Crippen LogP contribution in [0.3, 0.4) is 0 Å². The molecule has 0 aliphatic carbocycles. The number of anilines is 1. The number of hydrogen-bond donors (Lipinski definition) is 2. The quantitative estimate of drug-likeness (QED) is 0.769. The Kier molecular flexibility index (Phi) is 4.90. The van der Waals surface area contributed by atoms with Gasteiger partial charge in [-0.15, -0.1) is 0 Å². The van der Waals surface area contributed by atoms with Crippen LogP contribution in [0.5, 0.6) is 5.75 Å². The SMILES string of the molecule is CCCOc1ccc(NC(=S)NC)cc1. The summed E-state index contributed by atoms with van der Waals surface area (Å²) < 4.78 is 5.47. The first-order valence-electron chi connectivity index (χ1n) is 4.98. The summed E-state index contributed by atoms with van der Waals surface area (Å²) in [6.45, 7) is 2.84. The number of rotatable bonds is 4. The molecule has 0 unspecified atom stereocenters. The van der Waals surface area contributed by atoms with Crippen LogP contribution in [0.1, 0.15) is 13.3 Å². The van der Waals surface area contributed by atoms with Crippen LogP contribution in [-0.4, -0.2) is 18.8 Å². The Morgan fingerprint density at radius 3 is 2.53 bits per heavy atom. The lowest BCUT2D eigenvalue weighted by molar-refractivity contribution is 0.317. The van der Waals surface area contributed by atoms with Crippen molar-refractivity contribution in [2.24, 2.45) is 0 Å². The van der Waals surface area contributed by atoms with E-state index < -0.39 is 0 Å². The molecule has 82 valence electrons. The van der Waals surface area contributed by atoms with E-state index in [0.717, 1.165) is 24.5 Å². The first-order valence-corrected chi connectivity index (χ1v) is 5.38. The van der Waals surface area contributed by atoms with Crippen molar-refractivity contribution in [1.29, 1.82) is 0 Å². The van der Waals surface area contributed by atoms with E-state index >= 15 is 0 Å². The zero-order valence-corrected chi connectivity index (χ0v) is 9.86. The van der Waals surface area contributed by atoms with Crippen molar-refractivity contribution in [2.75, 3.05) is 19.0 Å². The van der Waals surface area contributed by atoms with Gasteiger partial charge in [-0.25, -0.2) is 0 Å². The van der Waals surface area contributed by atoms with Crippen LogP contribution in [0.4, 0.5) is 5.69 Å². The molecule has 0 heterocycles. The summed E-state index contributed by atoms with van der Waals surface area (Å²) in [6.07, 6.45) is 1.02. The minimum absolute atomic E-state index is 0.609. The summed E-state index contributed by atoms with van der Waals surface area (Å²) in [7, 11) is 1.79. The molecule has 2 N–H and O–H groups in total. The molecule has 0 bridgehead atoms. The largest absolute Gasteiger partial charge is 0.494 e. The molecule has 0 saturated heterocycles. The fraction of sp³-hybridized carbons (Fsp3) is 0.364. The van der Waals surface area contributed by atoms with Gasteiger partial charge in [0, 0.05) is 12.7 Å². The lowest BCUT2D eigenvalue weighted by Crippen LogP contribution is -2.23. The highest BCUT2D eigenvalue weighted by Crippen LogP contribution is 2.15. The van der Waals surface area contributed by atoms with Crippen LogP contribution in [-0.2, 0) is 0 Å². The van der Waals surface area contributed by atoms with Gasteiger partial charge < -0.3 is 15.4 Å². The fourth-order valence-electron chi connectivity index (χ4n) is 1.05. The Morgan fingerprint density at radius 1 is 1.33 bits per heavy atom. The third kappa shape index (κ3) is 4.16. The van der Waals surface area contributed by atoms with Gasteiger partial charge in [0.1, 0.15) is 5.75 Å². The van der Waals surface area contributed by atoms with Crippen molar-refractivity contribution < 1.29 is 4.74 Å². The average Bonchev–Trinajstić information content (AvgIpc) is 2.28. The number of ether oxygens (including phenoxy) is 1. The van der Waals surface area contributed by atoms with Gasteiger partial charge in [0.15, 0.2) is 5.11 Å². The van der Waals surface area contributed by atoms with E-state index in [0.29, 0.717) is 5.11 Å². The molecule has 3 nitrogen and oxygen atoms in total. The molecule has 0 fully saturated rings. The molecular formula is C11H16N2OS. The standard InChI is InChI=1S/C11H16N2OS/c1-3-8-14-10-6-4-9(5-7-10)13-11(15)12-2/h4-7H,3,8H2,1-2H3,(H2,12,13,15). The summed E-state index contributed by atoms with van der Waals surface area (Å²) in [5.41, 5.74) is 0.957. The molecule has 0 aliphatic heterocycles. The highest BCUT2D eigenvalue weighted by atomic mass is 32.1. The third-order valence-electron chi connectivity index (χ3n) is 1.81. The lowest BCUT2D eigenvalue weighted by atomic mass is 10.3. The molecule has 0 spiro atoms. The van der Waals surface area contributed by atoms with E-state index in [1.165, 1.54) is 0 Å². The minimum Gasteiger partial charge on any atom is -0.494 e. The minimum atomic E-state index is 0.609. The van der Waals surface area contributed by atoms with E-state index in [1.807, 2.05) is 24.3 Å². The maximum atomic E-state index is 5.47. The third-order valence-corrected chi connectivity index (χ3v) is 2.12. The number of thiocarbonyl (C=S) groups is 1. The Morgan fingerprint density at radius 2 is 2.00 bits per heavy atom. The Labute approximate surface area is 95.8 Å². The molecular weight excluding hydrogens is 208 g/mol. The summed E-state index contributed by atoms with van der Waals surface area (Å²) in [4.78, 5) is 0. The van der Waals surface area contributed by atoms with Gasteiger partial charge in [-0.3, -0.25) is 0 Å².